The largest absolute Gasteiger partial charge is 0.416 e. The minimum atomic E-state index is -4.46. The molecule has 0 heterocycles. The maximum Gasteiger partial charge on any atom is 0.416 e. The summed E-state index contributed by atoms with van der Waals surface area (Å²) in [6.07, 6.45) is -4.46. The number of nitrogens with one attached hydrogen (secondary N) is 1. The Kier molecular flexibility index (Phi) is 3.57. The Morgan fingerprint density at radius 1 is 1.00 bits per heavy atom. The van der Waals surface area contributed by atoms with Crippen LogP contribution in [0.4, 0.5) is 34.6 Å². The zero-order chi connectivity index (χ0) is 14.9. The lowest BCUT2D eigenvalue weighted by molar-refractivity contribution is -0.137. The third-order valence-electron chi connectivity index (χ3n) is 2.77. The monoisotopic (exact) mass is 284 g/mol. The summed E-state index contributed by atoms with van der Waals surface area (Å²) < 4.78 is 51.1. The minimum Gasteiger partial charge on any atom is -0.397 e. The van der Waals surface area contributed by atoms with E-state index in [1.807, 2.05) is 0 Å². The molecule has 0 atom stereocenters. The molecule has 0 saturated carbocycles. The molecule has 0 aromatic heterocycles. The number of nitrogen functional groups attached to an aromatic ring is 1. The normalized spacial score (nSPS) is 11.4. The molecule has 6 heteroatoms. The second-order valence-corrected chi connectivity index (χ2v) is 4.41. The van der Waals surface area contributed by atoms with E-state index in [1.165, 1.54) is 12.1 Å². The highest BCUT2D eigenvalue weighted by molar-refractivity contribution is 5.73. The average molecular weight is 284 g/mol. The summed E-state index contributed by atoms with van der Waals surface area (Å²) in [6, 6.07) is 7.31. The summed E-state index contributed by atoms with van der Waals surface area (Å²) in [5.41, 5.74) is 5.84. The van der Waals surface area contributed by atoms with Gasteiger partial charge in [0.1, 0.15) is 5.82 Å². The number of hydrogen-bond acceptors (Lipinski definition) is 2. The van der Waals surface area contributed by atoms with Gasteiger partial charge >= 0.3 is 6.18 Å². The van der Waals surface area contributed by atoms with Gasteiger partial charge in [-0.2, -0.15) is 13.2 Å². The van der Waals surface area contributed by atoms with Crippen LogP contribution >= 0.6 is 0 Å². The first-order chi connectivity index (χ1) is 9.27. The first-order valence-electron chi connectivity index (χ1n) is 5.77. The molecule has 0 aliphatic carbocycles. The summed E-state index contributed by atoms with van der Waals surface area (Å²) in [7, 11) is 0. The minimum absolute atomic E-state index is 0.0965. The molecule has 0 amide bonds. The summed E-state index contributed by atoms with van der Waals surface area (Å²) in [5.74, 6) is -0.505. The zero-order valence-corrected chi connectivity index (χ0v) is 10.6. The van der Waals surface area contributed by atoms with Gasteiger partial charge in [-0.15, -0.1) is 0 Å². The van der Waals surface area contributed by atoms with Crippen molar-refractivity contribution < 1.29 is 17.6 Å². The number of anilines is 3. The van der Waals surface area contributed by atoms with Crippen molar-refractivity contribution in [2.24, 2.45) is 0 Å². The third kappa shape index (κ3) is 3.01. The van der Waals surface area contributed by atoms with Gasteiger partial charge in [0.25, 0.3) is 0 Å². The van der Waals surface area contributed by atoms with E-state index in [4.69, 9.17) is 5.73 Å². The predicted octanol–water partition coefficient (Wildman–Crippen LogP) is 4.48. The number of alkyl halides is 3. The fourth-order valence-corrected chi connectivity index (χ4v) is 1.73. The molecule has 2 aromatic carbocycles. The van der Waals surface area contributed by atoms with Crippen molar-refractivity contribution in [1.82, 2.24) is 0 Å². The molecule has 0 radical (unpaired) electrons. The maximum atomic E-state index is 13.6. The molecule has 0 saturated heterocycles. The molecule has 0 aliphatic heterocycles. The van der Waals surface area contributed by atoms with Gasteiger partial charge in [0.15, 0.2) is 0 Å². The van der Waals surface area contributed by atoms with Crippen LogP contribution in [0.15, 0.2) is 36.4 Å². The zero-order valence-electron chi connectivity index (χ0n) is 10.6. The number of hydrogen-bond donors (Lipinski definition) is 2. The van der Waals surface area contributed by atoms with E-state index in [-0.39, 0.29) is 17.1 Å². The van der Waals surface area contributed by atoms with E-state index in [1.54, 1.807) is 19.1 Å². The van der Waals surface area contributed by atoms with Crippen molar-refractivity contribution in [1.29, 1.82) is 0 Å². The molecule has 0 aliphatic rings. The number of nitrogens with two attached hydrogens (primary N) is 1. The number of aryl methyl sites for hydroxylation is 1. The molecule has 2 nitrogen and oxygen atoms in total. The average Bonchev–Trinajstić information content (AvgIpc) is 2.35. The summed E-state index contributed by atoms with van der Waals surface area (Å²) in [6.45, 7) is 1.78. The van der Waals surface area contributed by atoms with Gasteiger partial charge < -0.3 is 11.1 Å². The van der Waals surface area contributed by atoms with Crippen LogP contribution in [0.3, 0.4) is 0 Å². The highest BCUT2D eigenvalue weighted by Crippen LogP contribution is 2.34. The van der Waals surface area contributed by atoms with Crippen LogP contribution in [0.1, 0.15) is 11.1 Å². The SMILES string of the molecule is Cc1ccc(F)c(Nc2ccc(C(F)(F)F)cc2N)c1. The summed E-state index contributed by atoms with van der Waals surface area (Å²) in [5, 5.41) is 2.69. The van der Waals surface area contributed by atoms with Gasteiger partial charge in [0.2, 0.25) is 0 Å². The molecule has 0 spiro atoms. The second kappa shape index (κ2) is 5.03. The highest BCUT2D eigenvalue weighted by Gasteiger charge is 2.30. The van der Waals surface area contributed by atoms with Crippen molar-refractivity contribution in [2.75, 3.05) is 11.1 Å². The second-order valence-electron chi connectivity index (χ2n) is 4.41. The van der Waals surface area contributed by atoms with E-state index in [2.05, 4.69) is 5.32 Å². The predicted molar refractivity (Wildman–Crippen MR) is 70.3 cm³/mol. The fraction of sp³-hybridized carbons (Fsp3) is 0.143. The molecule has 20 heavy (non-hydrogen) atoms. The fourth-order valence-electron chi connectivity index (χ4n) is 1.73. The topological polar surface area (TPSA) is 38.0 Å². The van der Waals surface area contributed by atoms with Crippen LogP contribution in [0.5, 0.6) is 0 Å². The van der Waals surface area contributed by atoms with Gasteiger partial charge in [0, 0.05) is 0 Å². The Hall–Kier alpha value is -2.24. The molecule has 3 N–H and O–H groups in total. The van der Waals surface area contributed by atoms with Crippen molar-refractivity contribution in [3.63, 3.8) is 0 Å². The molecular formula is C14H12F4N2. The van der Waals surface area contributed by atoms with Gasteiger partial charge in [-0.1, -0.05) is 6.07 Å². The van der Waals surface area contributed by atoms with E-state index < -0.39 is 17.6 Å². The van der Waals surface area contributed by atoms with E-state index in [0.29, 0.717) is 0 Å². The van der Waals surface area contributed by atoms with Crippen LogP contribution < -0.4 is 11.1 Å². The molecule has 2 rings (SSSR count). The first-order valence-corrected chi connectivity index (χ1v) is 5.77. The Bertz CT molecular complexity index is 636. The van der Waals surface area contributed by atoms with E-state index in [9.17, 15) is 17.6 Å². The van der Waals surface area contributed by atoms with Crippen LogP contribution in [0, 0.1) is 12.7 Å². The molecular weight excluding hydrogens is 272 g/mol. The Labute approximate surface area is 113 Å². The lowest BCUT2D eigenvalue weighted by Crippen LogP contribution is -2.07. The molecule has 2 aromatic rings. The Morgan fingerprint density at radius 2 is 1.70 bits per heavy atom. The summed E-state index contributed by atoms with van der Waals surface area (Å²) >= 11 is 0. The molecule has 0 unspecified atom stereocenters. The third-order valence-corrected chi connectivity index (χ3v) is 2.77. The van der Waals surface area contributed by atoms with Crippen molar-refractivity contribution >= 4 is 17.1 Å². The molecule has 0 bridgehead atoms. The van der Waals surface area contributed by atoms with Crippen LogP contribution in [-0.2, 0) is 6.18 Å². The lowest BCUT2D eigenvalue weighted by Gasteiger charge is -2.13. The van der Waals surface area contributed by atoms with E-state index >= 15 is 0 Å². The van der Waals surface area contributed by atoms with Crippen molar-refractivity contribution in [3.05, 3.63) is 53.3 Å². The highest BCUT2D eigenvalue weighted by atomic mass is 19.4. The number of benzene rings is 2. The number of halogens is 4. The molecule has 106 valence electrons. The maximum absolute atomic E-state index is 13.6. The summed E-state index contributed by atoms with van der Waals surface area (Å²) in [4.78, 5) is 0. The van der Waals surface area contributed by atoms with Gasteiger partial charge in [-0.3, -0.25) is 0 Å². The lowest BCUT2D eigenvalue weighted by atomic mass is 10.1. The van der Waals surface area contributed by atoms with Gasteiger partial charge in [0.05, 0.1) is 22.6 Å². The van der Waals surface area contributed by atoms with Crippen LogP contribution in [0.2, 0.25) is 0 Å². The number of rotatable bonds is 2. The first kappa shape index (κ1) is 14.2. The Morgan fingerprint density at radius 3 is 2.30 bits per heavy atom. The van der Waals surface area contributed by atoms with E-state index in [0.717, 1.165) is 17.7 Å². The van der Waals surface area contributed by atoms with Crippen LogP contribution in [0.25, 0.3) is 0 Å². The Balaban J connectivity index is 2.33. The van der Waals surface area contributed by atoms with Crippen LogP contribution in [-0.4, -0.2) is 0 Å². The van der Waals surface area contributed by atoms with Gasteiger partial charge in [-0.25, -0.2) is 4.39 Å². The van der Waals surface area contributed by atoms with Crippen molar-refractivity contribution in [2.45, 2.75) is 13.1 Å². The standard InChI is InChI=1S/C14H12F4N2/c1-8-2-4-10(15)13(6-8)20-12-5-3-9(7-11(12)19)14(16,17)18/h2-7,20H,19H2,1H3. The van der Waals surface area contributed by atoms with Gasteiger partial charge in [-0.05, 0) is 42.8 Å². The quantitative estimate of drug-likeness (QED) is 0.630. The smallest absolute Gasteiger partial charge is 0.397 e. The molecule has 0 fully saturated rings. The van der Waals surface area contributed by atoms with Crippen molar-refractivity contribution in [3.8, 4) is 0 Å².